The number of carbonyl (C=O) groups excluding carboxylic acids is 2. The van der Waals surface area contributed by atoms with Gasteiger partial charge in [0.2, 0.25) is 5.91 Å². The number of hydroxylamine groups is 1. The van der Waals surface area contributed by atoms with Crippen molar-refractivity contribution in [3.05, 3.63) is 100 Å². The Morgan fingerprint density at radius 2 is 1.50 bits per heavy atom. The molecule has 0 aliphatic carbocycles. The number of imide groups is 1. The fourth-order valence-electron chi connectivity index (χ4n) is 4.19. The SMILES string of the molecule is O=C1[C@H]2[C@H](ON(c3ccccc3)[C@H]2c2ccc([N+](=O)[O-])cc2)C(=O)N1c1ccc(F)cc1. The zero-order valence-corrected chi connectivity index (χ0v) is 16.5. The van der Waals surface area contributed by atoms with Crippen LogP contribution in [0.15, 0.2) is 78.9 Å². The summed E-state index contributed by atoms with van der Waals surface area (Å²) in [4.78, 5) is 44.1. The molecular weight excluding hydrogens is 417 g/mol. The van der Waals surface area contributed by atoms with Crippen molar-refractivity contribution >= 4 is 28.9 Å². The topological polar surface area (TPSA) is 93.0 Å². The van der Waals surface area contributed by atoms with Gasteiger partial charge in [-0.15, -0.1) is 0 Å². The molecule has 9 heteroatoms. The number of nitrogens with zero attached hydrogens (tertiary/aromatic N) is 3. The number of rotatable bonds is 4. The molecule has 5 rings (SSSR count). The van der Waals surface area contributed by atoms with Crippen molar-refractivity contribution in [2.24, 2.45) is 5.92 Å². The molecule has 3 atom stereocenters. The van der Waals surface area contributed by atoms with Crippen LogP contribution in [0.1, 0.15) is 11.6 Å². The first-order valence-electron chi connectivity index (χ1n) is 9.84. The van der Waals surface area contributed by atoms with Crippen LogP contribution in [0, 0.1) is 21.8 Å². The molecule has 0 spiro atoms. The molecule has 0 aromatic heterocycles. The summed E-state index contributed by atoms with van der Waals surface area (Å²) in [6, 6.07) is 19.2. The maximum atomic E-state index is 13.4. The predicted octanol–water partition coefficient (Wildman–Crippen LogP) is 3.79. The highest BCUT2D eigenvalue weighted by molar-refractivity contribution is 6.23. The quantitative estimate of drug-likeness (QED) is 0.353. The molecule has 2 aliphatic rings. The van der Waals surface area contributed by atoms with Gasteiger partial charge in [-0.25, -0.2) is 14.4 Å². The molecule has 2 heterocycles. The van der Waals surface area contributed by atoms with E-state index in [1.54, 1.807) is 36.4 Å². The van der Waals surface area contributed by atoms with Crippen LogP contribution in [-0.4, -0.2) is 22.8 Å². The van der Waals surface area contributed by atoms with Gasteiger partial charge < -0.3 is 0 Å². The summed E-state index contributed by atoms with van der Waals surface area (Å²) in [5.41, 5.74) is 1.40. The molecule has 2 amide bonds. The van der Waals surface area contributed by atoms with E-state index in [1.165, 1.54) is 41.5 Å². The van der Waals surface area contributed by atoms with E-state index in [9.17, 15) is 24.1 Å². The number of anilines is 2. The number of para-hydroxylation sites is 1. The second-order valence-corrected chi connectivity index (χ2v) is 7.49. The second-order valence-electron chi connectivity index (χ2n) is 7.49. The molecule has 2 fully saturated rings. The average molecular weight is 433 g/mol. The minimum Gasteiger partial charge on any atom is -0.273 e. The van der Waals surface area contributed by atoms with E-state index in [0.29, 0.717) is 11.3 Å². The molecule has 3 aromatic rings. The van der Waals surface area contributed by atoms with Crippen LogP contribution >= 0.6 is 0 Å². The minimum atomic E-state index is -1.08. The molecule has 0 radical (unpaired) electrons. The van der Waals surface area contributed by atoms with Crippen LogP contribution in [0.3, 0.4) is 0 Å². The van der Waals surface area contributed by atoms with E-state index in [0.717, 1.165) is 4.90 Å². The Kier molecular flexibility index (Phi) is 4.67. The van der Waals surface area contributed by atoms with Crippen LogP contribution in [0.4, 0.5) is 21.5 Å². The molecule has 160 valence electrons. The van der Waals surface area contributed by atoms with Crippen molar-refractivity contribution in [2.45, 2.75) is 12.1 Å². The van der Waals surface area contributed by atoms with Gasteiger partial charge in [0.25, 0.3) is 11.6 Å². The van der Waals surface area contributed by atoms with Crippen LogP contribution in [0.5, 0.6) is 0 Å². The number of fused-ring (bicyclic) bond motifs is 1. The number of nitro groups is 1. The Labute approximate surface area is 181 Å². The van der Waals surface area contributed by atoms with Gasteiger partial charge in [0.05, 0.1) is 22.3 Å². The van der Waals surface area contributed by atoms with E-state index in [2.05, 4.69) is 0 Å². The standard InChI is InChI=1S/C23H16FN3O5/c24-15-8-12-16(13-9-15)25-22(28)19-20(14-6-10-18(11-7-14)27(30)31)26(32-21(19)23(25)29)17-4-2-1-3-5-17/h1-13,19-21H/t19-,20+,21+/m1/s1. The average Bonchev–Trinajstić information content (AvgIpc) is 3.31. The van der Waals surface area contributed by atoms with Crippen molar-refractivity contribution < 1.29 is 23.7 Å². The lowest BCUT2D eigenvalue weighted by Gasteiger charge is -2.28. The molecule has 3 aromatic carbocycles. The molecule has 0 bridgehead atoms. The minimum absolute atomic E-state index is 0.0859. The lowest BCUT2D eigenvalue weighted by atomic mass is 9.90. The van der Waals surface area contributed by atoms with E-state index >= 15 is 0 Å². The number of non-ortho nitro benzene ring substituents is 1. The number of amides is 2. The third kappa shape index (κ3) is 3.10. The zero-order valence-electron chi connectivity index (χ0n) is 16.5. The van der Waals surface area contributed by atoms with Crippen molar-refractivity contribution in [3.63, 3.8) is 0 Å². The van der Waals surface area contributed by atoms with Crippen molar-refractivity contribution in [3.8, 4) is 0 Å². The summed E-state index contributed by atoms with van der Waals surface area (Å²) < 4.78 is 13.3. The fraction of sp³-hybridized carbons (Fsp3) is 0.130. The first kappa shape index (κ1) is 19.8. The highest BCUT2D eigenvalue weighted by Crippen LogP contribution is 2.47. The number of nitro benzene ring substituents is 1. The smallest absolute Gasteiger partial charge is 0.269 e. The van der Waals surface area contributed by atoms with Crippen molar-refractivity contribution in [2.75, 3.05) is 9.96 Å². The molecule has 0 saturated carbocycles. The van der Waals surface area contributed by atoms with Gasteiger partial charge in [0.15, 0.2) is 6.10 Å². The predicted molar refractivity (Wildman–Crippen MR) is 112 cm³/mol. The first-order chi connectivity index (χ1) is 15.5. The van der Waals surface area contributed by atoms with Gasteiger partial charge in [-0.2, -0.15) is 0 Å². The molecule has 2 saturated heterocycles. The van der Waals surface area contributed by atoms with Gasteiger partial charge in [0, 0.05) is 12.1 Å². The molecular formula is C23H16FN3O5. The molecule has 2 aliphatic heterocycles. The summed E-state index contributed by atoms with van der Waals surface area (Å²) in [6.07, 6.45) is -1.08. The number of halogens is 1. The third-order valence-corrected chi connectivity index (χ3v) is 5.66. The summed E-state index contributed by atoms with van der Waals surface area (Å²) in [5, 5.41) is 12.6. The summed E-state index contributed by atoms with van der Waals surface area (Å²) in [5.74, 6) is -2.39. The Morgan fingerprint density at radius 1 is 0.844 bits per heavy atom. The Bertz CT molecular complexity index is 1200. The van der Waals surface area contributed by atoms with Crippen molar-refractivity contribution in [1.82, 2.24) is 0 Å². The molecule has 8 nitrogen and oxygen atoms in total. The van der Waals surface area contributed by atoms with Gasteiger partial charge in [0.1, 0.15) is 11.7 Å². The summed E-state index contributed by atoms with van der Waals surface area (Å²) in [7, 11) is 0. The van der Waals surface area contributed by atoms with Crippen LogP contribution in [0.2, 0.25) is 0 Å². The van der Waals surface area contributed by atoms with E-state index in [1.807, 2.05) is 6.07 Å². The number of hydrogen-bond acceptors (Lipinski definition) is 6. The Morgan fingerprint density at radius 3 is 2.12 bits per heavy atom. The first-order valence-corrected chi connectivity index (χ1v) is 9.84. The fourth-order valence-corrected chi connectivity index (χ4v) is 4.19. The monoisotopic (exact) mass is 433 g/mol. The van der Waals surface area contributed by atoms with Crippen LogP contribution in [-0.2, 0) is 14.4 Å². The van der Waals surface area contributed by atoms with E-state index in [-0.39, 0.29) is 11.4 Å². The molecule has 0 N–H and O–H groups in total. The molecule has 0 unspecified atom stereocenters. The third-order valence-electron chi connectivity index (χ3n) is 5.66. The van der Waals surface area contributed by atoms with Crippen molar-refractivity contribution in [1.29, 1.82) is 0 Å². The van der Waals surface area contributed by atoms with E-state index in [4.69, 9.17) is 4.84 Å². The number of benzene rings is 3. The summed E-state index contributed by atoms with van der Waals surface area (Å²) in [6.45, 7) is 0. The normalized spacial score (nSPS) is 22.3. The van der Waals surface area contributed by atoms with Gasteiger partial charge in [-0.1, -0.05) is 30.3 Å². The zero-order chi connectivity index (χ0) is 22.4. The number of hydrogen-bond donors (Lipinski definition) is 0. The van der Waals surface area contributed by atoms with Crippen LogP contribution < -0.4 is 9.96 Å². The van der Waals surface area contributed by atoms with Gasteiger partial charge >= 0.3 is 0 Å². The molecule has 32 heavy (non-hydrogen) atoms. The largest absolute Gasteiger partial charge is 0.273 e. The highest BCUT2D eigenvalue weighted by Gasteiger charge is 2.60. The Balaban J connectivity index is 1.57. The lowest BCUT2D eigenvalue weighted by molar-refractivity contribution is -0.384. The van der Waals surface area contributed by atoms with Gasteiger partial charge in [-0.3, -0.25) is 24.5 Å². The highest BCUT2D eigenvalue weighted by atomic mass is 19.1. The number of carbonyl (C=O) groups is 2. The maximum Gasteiger partial charge on any atom is 0.269 e. The van der Waals surface area contributed by atoms with Gasteiger partial charge in [-0.05, 0) is 42.0 Å². The van der Waals surface area contributed by atoms with E-state index < -0.39 is 40.6 Å². The second kappa shape index (κ2) is 7.54. The Hall–Kier alpha value is -4.11. The van der Waals surface area contributed by atoms with Crippen LogP contribution in [0.25, 0.3) is 0 Å². The lowest BCUT2D eigenvalue weighted by Crippen LogP contribution is -2.37. The maximum absolute atomic E-state index is 13.4. The summed E-state index contributed by atoms with van der Waals surface area (Å²) >= 11 is 0.